The number of amides is 2. The summed E-state index contributed by atoms with van der Waals surface area (Å²) in [6, 6.07) is 0. The molecule has 0 spiro atoms. The van der Waals surface area contributed by atoms with Crippen LogP contribution in [0, 0.1) is 0 Å². The molecule has 2 N–H and O–H groups in total. The summed E-state index contributed by atoms with van der Waals surface area (Å²) >= 11 is 0. The molecule has 0 aromatic heterocycles. The first-order valence-electron chi connectivity index (χ1n) is 2.81. The third kappa shape index (κ3) is 2.45. The van der Waals surface area contributed by atoms with Crippen molar-refractivity contribution in [1.82, 2.24) is 5.01 Å². The fourth-order valence-electron chi connectivity index (χ4n) is 0.322. The maximum Gasteiger partial charge on any atom is 0.431 e. The largest absolute Gasteiger partial charge is 0.448 e. The third-order valence-electron chi connectivity index (χ3n) is 0.804. The molecule has 5 heteroatoms. The van der Waals surface area contributed by atoms with Gasteiger partial charge in [-0.15, -0.1) is 0 Å². The van der Waals surface area contributed by atoms with E-state index in [4.69, 9.17) is 5.84 Å². The van der Waals surface area contributed by atoms with Crippen LogP contribution in [0.5, 0.6) is 0 Å². The number of ether oxygens (including phenoxy) is 1. The minimum atomic E-state index is -0.824. The van der Waals surface area contributed by atoms with Crippen molar-refractivity contribution < 1.29 is 14.3 Å². The van der Waals surface area contributed by atoms with Crippen LogP contribution in [0.3, 0.4) is 0 Å². The Hall–Kier alpha value is -1.10. The smallest absolute Gasteiger partial charge is 0.431 e. The number of hydrazine groups is 1. The average Bonchev–Trinajstić information content (AvgIpc) is 1.87. The molecule has 0 aromatic rings. The number of hydrogen-bond donors (Lipinski definition) is 1. The molecule has 0 rings (SSSR count). The van der Waals surface area contributed by atoms with Gasteiger partial charge in [0.25, 0.3) is 0 Å². The molecule has 0 atom stereocenters. The van der Waals surface area contributed by atoms with Gasteiger partial charge in [-0.3, -0.25) is 4.79 Å². The normalized spacial score (nSPS) is 8.70. The van der Waals surface area contributed by atoms with Crippen molar-refractivity contribution in [2.75, 3.05) is 6.61 Å². The van der Waals surface area contributed by atoms with Crippen molar-refractivity contribution in [2.45, 2.75) is 13.8 Å². The molecule has 0 saturated heterocycles. The van der Waals surface area contributed by atoms with Crippen LogP contribution in [0.15, 0.2) is 0 Å². The Kier molecular flexibility index (Phi) is 3.42. The summed E-state index contributed by atoms with van der Waals surface area (Å²) in [5, 5.41) is 0.420. The van der Waals surface area contributed by atoms with Crippen LogP contribution in [0.1, 0.15) is 13.8 Å². The fraction of sp³-hybridized carbons (Fsp3) is 0.600. The highest BCUT2D eigenvalue weighted by molar-refractivity contribution is 5.89. The predicted octanol–water partition coefficient (Wildman–Crippen LogP) is -0.135. The van der Waals surface area contributed by atoms with E-state index in [1.807, 2.05) is 0 Å². The number of nitrogens with zero attached hydrogens (tertiary/aromatic N) is 1. The van der Waals surface area contributed by atoms with E-state index in [1.165, 1.54) is 6.92 Å². The third-order valence-corrected chi connectivity index (χ3v) is 0.804. The zero-order chi connectivity index (χ0) is 8.15. The van der Waals surface area contributed by atoms with Gasteiger partial charge in [-0.05, 0) is 6.92 Å². The molecule has 58 valence electrons. The molecule has 0 aliphatic heterocycles. The van der Waals surface area contributed by atoms with E-state index in [2.05, 4.69) is 4.74 Å². The molecule has 0 saturated carbocycles. The molecular formula is C5H10N2O3. The molecule has 0 bridgehead atoms. The fourth-order valence-corrected chi connectivity index (χ4v) is 0.322. The van der Waals surface area contributed by atoms with Crippen LogP contribution in [0.2, 0.25) is 0 Å². The molecule has 0 heterocycles. The van der Waals surface area contributed by atoms with Gasteiger partial charge < -0.3 is 4.74 Å². The summed E-state index contributed by atoms with van der Waals surface area (Å²) in [5.41, 5.74) is 0. The van der Waals surface area contributed by atoms with Crippen molar-refractivity contribution in [2.24, 2.45) is 5.84 Å². The lowest BCUT2D eigenvalue weighted by molar-refractivity contribution is -0.127. The first-order valence-corrected chi connectivity index (χ1v) is 2.81. The van der Waals surface area contributed by atoms with E-state index in [-0.39, 0.29) is 6.61 Å². The van der Waals surface area contributed by atoms with Gasteiger partial charge in [-0.2, -0.15) is 5.01 Å². The highest BCUT2D eigenvalue weighted by atomic mass is 16.6. The minimum Gasteiger partial charge on any atom is -0.448 e. The van der Waals surface area contributed by atoms with E-state index in [0.29, 0.717) is 5.01 Å². The summed E-state index contributed by atoms with van der Waals surface area (Å²) < 4.78 is 4.41. The van der Waals surface area contributed by atoms with Crippen molar-refractivity contribution in [3.63, 3.8) is 0 Å². The second-order valence-corrected chi connectivity index (χ2v) is 1.59. The van der Waals surface area contributed by atoms with Gasteiger partial charge in [0.2, 0.25) is 5.91 Å². The van der Waals surface area contributed by atoms with Crippen LogP contribution >= 0.6 is 0 Å². The number of nitrogens with two attached hydrogens (primary N) is 1. The van der Waals surface area contributed by atoms with Crippen molar-refractivity contribution >= 4 is 12.0 Å². The van der Waals surface area contributed by atoms with Gasteiger partial charge in [0.05, 0.1) is 6.61 Å². The zero-order valence-electron chi connectivity index (χ0n) is 5.96. The van der Waals surface area contributed by atoms with Gasteiger partial charge in [0, 0.05) is 6.92 Å². The maximum absolute atomic E-state index is 10.5. The second-order valence-electron chi connectivity index (χ2n) is 1.59. The van der Waals surface area contributed by atoms with Crippen LogP contribution in [-0.2, 0) is 9.53 Å². The average molecular weight is 146 g/mol. The van der Waals surface area contributed by atoms with Gasteiger partial charge in [-0.25, -0.2) is 10.6 Å². The monoisotopic (exact) mass is 146 g/mol. The summed E-state index contributed by atoms with van der Waals surface area (Å²) in [5.74, 6) is 4.41. The molecular weight excluding hydrogens is 136 g/mol. The topological polar surface area (TPSA) is 72.6 Å². The van der Waals surface area contributed by atoms with Crippen molar-refractivity contribution in [1.29, 1.82) is 0 Å². The Morgan fingerprint density at radius 1 is 1.60 bits per heavy atom. The van der Waals surface area contributed by atoms with E-state index in [9.17, 15) is 9.59 Å². The lowest BCUT2D eigenvalue weighted by atomic mass is 10.7. The van der Waals surface area contributed by atoms with E-state index >= 15 is 0 Å². The SMILES string of the molecule is CCOC(=O)N(N)C(C)=O. The summed E-state index contributed by atoms with van der Waals surface area (Å²) in [6.07, 6.45) is -0.824. The quantitative estimate of drug-likeness (QED) is 0.317. The number of rotatable bonds is 1. The van der Waals surface area contributed by atoms with E-state index < -0.39 is 12.0 Å². The van der Waals surface area contributed by atoms with Gasteiger partial charge in [0.1, 0.15) is 0 Å². The standard InChI is InChI=1S/C5H10N2O3/c1-3-10-5(9)7(6)4(2)8/h3,6H2,1-2H3. The molecule has 10 heavy (non-hydrogen) atoms. The maximum atomic E-state index is 10.5. The van der Waals surface area contributed by atoms with Gasteiger partial charge in [-0.1, -0.05) is 0 Å². The number of imide groups is 1. The van der Waals surface area contributed by atoms with Crippen molar-refractivity contribution in [3.05, 3.63) is 0 Å². The number of carbonyl (C=O) groups excluding carboxylic acids is 2. The Labute approximate surface area is 58.7 Å². The Bertz CT molecular complexity index is 146. The number of carbonyl (C=O) groups is 2. The Morgan fingerprint density at radius 3 is 2.40 bits per heavy atom. The zero-order valence-corrected chi connectivity index (χ0v) is 5.96. The highest BCUT2D eigenvalue weighted by Gasteiger charge is 2.13. The minimum absolute atomic E-state index is 0.208. The Balaban J connectivity index is 3.82. The van der Waals surface area contributed by atoms with E-state index in [1.54, 1.807) is 6.92 Å². The molecule has 0 fully saturated rings. The molecule has 0 aliphatic rings. The molecule has 0 unspecified atom stereocenters. The lowest BCUT2D eigenvalue weighted by Crippen LogP contribution is -2.41. The van der Waals surface area contributed by atoms with Crippen LogP contribution in [0.25, 0.3) is 0 Å². The first kappa shape index (κ1) is 8.90. The molecule has 2 amide bonds. The first-order chi connectivity index (χ1) is 4.59. The highest BCUT2D eigenvalue weighted by Crippen LogP contribution is 1.86. The molecule has 0 aliphatic carbocycles. The van der Waals surface area contributed by atoms with Crippen LogP contribution in [0.4, 0.5) is 4.79 Å². The summed E-state index contributed by atoms with van der Waals surface area (Å²) in [7, 11) is 0. The van der Waals surface area contributed by atoms with Gasteiger partial charge in [0.15, 0.2) is 0 Å². The second kappa shape index (κ2) is 3.84. The van der Waals surface area contributed by atoms with Crippen LogP contribution < -0.4 is 5.84 Å². The van der Waals surface area contributed by atoms with Crippen molar-refractivity contribution in [3.8, 4) is 0 Å². The molecule has 0 aromatic carbocycles. The van der Waals surface area contributed by atoms with Crippen LogP contribution in [-0.4, -0.2) is 23.6 Å². The number of hydrogen-bond acceptors (Lipinski definition) is 4. The molecule has 0 radical (unpaired) electrons. The van der Waals surface area contributed by atoms with E-state index in [0.717, 1.165) is 0 Å². The summed E-state index contributed by atoms with van der Waals surface area (Å²) in [6.45, 7) is 3.02. The predicted molar refractivity (Wildman–Crippen MR) is 33.7 cm³/mol. The Morgan fingerprint density at radius 2 is 2.10 bits per heavy atom. The molecule has 5 nitrogen and oxygen atoms in total. The van der Waals surface area contributed by atoms with Gasteiger partial charge >= 0.3 is 6.09 Å². The lowest BCUT2D eigenvalue weighted by Gasteiger charge is -2.10. The summed E-state index contributed by atoms with van der Waals surface area (Å²) in [4.78, 5) is 20.9.